The first-order valence-corrected chi connectivity index (χ1v) is 11.1. The standard InChI is InChI=1S/C26H24N4O3S/c1-17-21-8-3-4-9-22(21)30(20-7-5-6-19(14-20)25(27)34)24(17)26(32)29(16-23(31)33-2)15-18-10-12-28-13-11-18/h3-14H,15-16H2,1-2H3,(H2,27,34). The van der Waals surface area contributed by atoms with Crippen molar-refractivity contribution in [3.8, 4) is 5.69 Å². The van der Waals surface area contributed by atoms with E-state index in [0.717, 1.165) is 27.7 Å². The summed E-state index contributed by atoms with van der Waals surface area (Å²) in [5, 5.41) is 0.938. The number of pyridine rings is 1. The number of nitrogens with zero attached hydrogens (tertiary/aromatic N) is 3. The van der Waals surface area contributed by atoms with Crippen LogP contribution in [0.4, 0.5) is 0 Å². The van der Waals surface area contributed by atoms with E-state index in [1.807, 2.05) is 72.2 Å². The van der Waals surface area contributed by atoms with Crippen molar-refractivity contribution in [3.05, 3.63) is 95.4 Å². The highest BCUT2D eigenvalue weighted by Crippen LogP contribution is 2.30. The number of benzene rings is 2. The van der Waals surface area contributed by atoms with E-state index in [0.29, 0.717) is 11.3 Å². The van der Waals surface area contributed by atoms with E-state index in [2.05, 4.69) is 4.98 Å². The van der Waals surface area contributed by atoms with E-state index in [-0.39, 0.29) is 24.0 Å². The van der Waals surface area contributed by atoms with Crippen LogP contribution in [-0.2, 0) is 16.1 Å². The van der Waals surface area contributed by atoms with Crippen LogP contribution in [0.3, 0.4) is 0 Å². The van der Waals surface area contributed by atoms with Gasteiger partial charge in [0.2, 0.25) is 0 Å². The third-order valence-corrected chi connectivity index (χ3v) is 5.91. The van der Waals surface area contributed by atoms with Crippen molar-refractivity contribution in [1.82, 2.24) is 14.5 Å². The minimum atomic E-state index is -0.502. The van der Waals surface area contributed by atoms with Crippen LogP contribution in [-0.4, -0.2) is 45.0 Å². The average molecular weight is 473 g/mol. The molecule has 0 radical (unpaired) electrons. The van der Waals surface area contributed by atoms with Gasteiger partial charge in [0, 0.05) is 35.6 Å². The smallest absolute Gasteiger partial charge is 0.325 e. The molecule has 2 aromatic heterocycles. The Morgan fingerprint density at radius 3 is 2.53 bits per heavy atom. The largest absolute Gasteiger partial charge is 0.468 e. The van der Waals surface area contributed by atoms with Crippen molar-refractivity contribution in [2.75, 3.05) is 13.7 Å². The number of ether oxygens (including phenoxy) is 1. The molecule has 7 nitrogen and oxygen atoms in total. The molecule has 34 heavy (non-hydrogen) atoms. The highest BCUT2D eigenvalue weighted by atomic mass is 32.1. The van der Waals surface area contributed by atoms with Crippen molar-refractivity contribution in [1.29, 1.82) is 0 Å². The van der Waals surface area contributed by atoms with Gasteiger partial charge >= 0.3 is 5.97 Å². The van der Waals surface area contributed by atoms with E-state index < -0.39 is 5.97 Å². The number of aromatic nitrogens is 2. The van der Waals surface area contributed by atoms with E-state index in [1.54, 1.807) is 12.4 Å². The molecule has 172 valence electrons. The summed E-state index contributed by atoms with van der Waals surface area (Å²) in [5.74, 6) is -0.796. The Bertz CT molecular complexity index is 1380. The molecular formula is C26H24N4O3S. The monoisotopic (exact) mass is 472 g/mol. The quantitative estimate of drug-likeness (QED) is 0.325. The topological polar surface area (TPSA) is 90.5 Å². The van der Waals surface area contributed by atoms with Gasteiger partial charge in [-0.3, -0.25) is 14.6 Å². The van der Waals surface area contributed by atoms with Crippen LogP contribution < -0.4 is 5.73 Å². The van der Waals surface area contributed by atoms with Crippen LogP contribution in [0.25, 0.3) is 16.6 Å². The molecule has 2 N–H and O–H groups in total. The maximum atomic E-state index is 14.0. The maximum Gasteiger partial charge on any atom is 0.325 e. The van der Waals surface area contributed by atoms with Crippen LogP contribution in [0.15, 0.2) is 73.1 Å². The number of hydrogen-bond donors (Lipinski definition) is 1. The van der Waals surface area contributed by atoms with Crippen molar-refractivity contribution in [2.24, 2.45) is 5.73 Å². The Hall–Kier alpha value is -4.04. The van der Waals surface area contributed by atoms with Gasteiger partial charge in [0.15, 0.2) is 0 Å². The minimum Gasteiger partial charge on any atom is -0.468 e. The number of fused-ring (bicyclic) bond motifs is 1. The minimum absolute atomic E-state index is 0.189. The lowest BCUT2D eigenvalue weighted by Gasteiger charge is -2.23. The fourth-order valence-electron chi connectivity index (χ4n) is 4.00. The molecule has 4 rings (SSSR count). The zero-order chi connectivity index (χ0) is 24.2. The molecule has 0 aliphatic heterocycles. The molecule has 0 fully saturated rings. The summed E-state index contributed by atoms with van der Waals surface area (Å²) in [6, 6.07) is 18.9. The normalized spacial score (nSPS) is 10.8. The van der Waals surface area contributed by atoms with E-state index in [4.69, 9.17) is 22.7 Å². The molecule has 0 spiro atoms. The number of rotatable bonds is 7. The van der Waals surface area contributed by atoms with Gasteiger partial charge in [-0.2, -0.15) is 0 Å². The number of aryl methyl sites for hydroxylation is 1. The Labute approximate surface area is 202 Å². The number of carbonyl (C=O) groups is 2. The molecule has 0 saturated carbocycles. The Morgan fingerprint density at radius 1 is 1.09 bits per heavy atom. The Morgan fingerprint density at radius 2 is 1.82 bits per heavy atom. The summed E-state index contributed by atoms with van der Waals surface area (Å²) < 4.78 is 6.76. The van der Waals surface area contributed by atoms with Crippen molar-refractivity contribution < 1.29 is 14.3 Å². The summed E-state index contributed by atoms with van der Waals surface area (Å²) in [7, 11) is 1.31. The summed E-state index contributed by atoms with van der Waals surface area (Å²) >= 11 is 5.17. The molecule has 1 amide bonds. The number of thiocarbonyl (C=S) groups is 1. The molecule has 0 aliphatic carbocycles. The van der Waals surface area contributed by atoms with Gasteiger partial charge in [0.05, 0.1) is 12.6 Å². The molecule has 2 heterocycles. The van der Waals surface area contributed by atoms with Gasteiger partial charge < -0.3 is 19.9 Å². The summed E-state index contributed by atoms with van der Waals surface area (Å²) in [6.07, 6.45) is 3.30. The van der Waals surface area contributed by atoms with E-state index >= 15 is 0 Å². The third kappa shape index (κ3) is 4.53. The molecule has 0 unspecified atom stereocenters. The summed E-state index contributed by atoms with van der Waals surface area (Å²) in [5.41, 5.74) is 10.3. The first-order valence-electron chi connectivity index (χ1n) is 10.7. The molecule has 0 atom stereocenters. The van der Waals surface area contributed by atoms with Gasteiger partial charge in [0.25, 0.3) is 5.91 Å². The second kappa shape index (κ2) is 9.84. The summed E-state index contributed by atoms with van der Waals surface area (Å²) in [4.78, 5) is 32.0. The molecule has 2 aromatic carbocycles. The molecule has 0 aliphatic rings. The summed E-state index contributed by atoms with van der Waals surface area (Å²) in [6.45, 7) is 1.95. The number of para-hydroxylation sites is 1. The fourth-order valence-corrected chi connectivity index (χ4v) is 4.13. The average Bonchev–Trinajstić information content (AvgIpc) is 3.16. The Kier molecular flexibility index (Phi) is 6.70. The number of esters is 1. The van der Waals surface area contributed by atoms with Crippen LogP contribution in [0.2, 0.25) is 0 Å². The molecule has 0 bridgehead atoms. The first-order chi connectivity index (χ1) is 16.4. The molecule has 4 aromatic rings. The van der Waals surface area contributed by atoms with Crippen LogP contribution in [0.1, 0.15) is 27.2 Å². The highest BCUT2D eigenvalue weighted by Gasteiger charge is 2.27. The number of carbonyl (C=O) groups excluding carboxylic acids is 2. The second-order valence-corrected chi connectivity index (χ2v) is 8.27. The predicted octanol–water partition coefficient (Wildman–Crippen LogP) is 3.78. The molecule has 0 saturated heterocycles. The van der Waals surface area contributed by atoms with Crippen LogP contribution in [0, 0.1) is 6.92 Å². The first kappa shape index (κ1) is 23.1. The van der Waals surface area contributed by atoms with Crippen molar-refractivity contribution in [2.45, 2.75) is 13.5 Å². The highest BCUT2D eigenvalue weighted by molar-refractivity contribution is 7.80. The predicted molar refractivity (Wildman–Crippen MR) is 135 cm³/mol. The van der Waals surface area contributed by atoms with Gasteiger partial charge in [-0.05, 0) is 48.4 Å². The van der Waals surface area contributed by atoms with Crippen LogP contribution >= 0.6 is 12.2 Å². The number of hydrogen-bond acceptors (Lipinski definition) is 5. The second-order valence-electron chi connectivity index (χ2n) is 7.83. The SMILES string of the molecule is COC(=O)CN(Cc1ccncc1)C(=O)c1c(C)c2ccccc2n1-c1cccc(C(N)=S)c1. The zero-order valence-corrected chi connectivity index (χ0v) is 19.7. The fraction of sp³-hybridized carbons (Fsp3) is 0.154. The number of amides is 1. The van der Waals surface area contributed by atoms with Crippen LogP contribution in [0.5, 0.6) is 0 Å². The maximum absolute atomic E-state index is 14.0. The Balaban J connectivity index is 1.89. The van der Waals surface area contributed by atoms with Gasteiger partial charge in [-0.15, -0.1) is 0 Å². The third-order valence-electron chi connectivity index (χ3n) is 5.68. The lowest BCUT2D eigenvalue weighted by molar-refractivity contribution is -0.141. The number of nitrogens with two attached hydrogens (primary N) is 1. The lowest BCUT2D eigenvalue weighted by atomic mass is 10.1. The van der Waals surface area contributed by atoms with Crippen molar-refractivity contribution >= 4 is 40.0 Å². The molecular weight excluding hydrogens is 448 g/mol. The van der Waals surface area contributed by atoms with Gasteiger partial charge in [-0.1, -0.05) is 42.5 Å². The van der Waals surface area contributed by atoms with Gasteiger partial charge in [-0.25, -0.2) is 0 Å². The zero-order valence-electron chi connectivity index (χ0n) is 18.9. The van der Waals surface area contributed by atoms with E-state index in [1.165, 1.54) is 12.0 Å². The van der Waals surface area contributed by atoms with Gasteiger partial charge in [0.1, 0.15) is 17.2 Å². The lowest BCUT2D eigenvalue weighted by Crippen LogP contribution is -2.37. The number of methoxy groups -OCH3 is 1. The van der Waals surface area contributed by atoms with Crippen molar-refractivity contribution in [3.63, 3.8) is 0 Å². The van der Waals surface area contributed by atoms with E-state index in [9.17, 15) is 9.59 Å². The molecule has 8 heteroatoms.